The Morgan fingerprint density at radius 1 is 1.67 bits per heavy atom. The molecule has 0 radical (unpaired) electrons. The van der Waals surface area contributed by atoms with Gasteiger partial charge in [-0.3, -0.25) is 0 Å². The van der Waals surface area contributed by atoms with E-state index < -0.39 is 0 Å². The lowest BCUT2D eigenvalue weighted by Crippen LogP contribution is -2.40. The summed E-state index contributed by atoms with van der Waals surface area (Å²) in [5, 5.41) is 0. The van der Waals surface area contributed by atoms with Crippen LogP contribution in [0.1, 0.15) is 6.92 Å². The number of hydrogen-bond acceptors (Lipinski definition) is 2. The lowest BCUT2D eigenvalue weighted by molar-refractivity contribution is 0.278. The first-order valence-electron chi connectivity index (χ1n) is 3.17. The Morgan fingerprint density at radius 3 is 2.78 bits per heavy atom. The van der Waals surface area contributed by atoms with E-state index in [1.807, 2.05) is 11.8 Å². The van der Waals surface area contributed by atoms with Gasteiger partial charge in [0.25, 0.3) is 0 Å². The van der Waals surface area contributed by atoms with Crippen LogP contribution in [0.5, 0.6) is 0 Å². The minimum absolute atomic E-state index is 0.295. The average molecular weight is 166 g/mol. The molecule has 0 amide bonds. The van der Waals surface area contributed by atoms with Crippen LogP contribution in [0.15, 0.2) is 0 Å². The zero-order chi connectivity index (χ0) is 6.85. The van der Waals surface area contributed by atoms with E-state index in [0.29, 0.717) is 10.8 Å². The van der Waals surface area contributed by atoms with Crippen LogP contribution < -0.4 is 0 Å². The quantitative estimate of drug-likeness (QED) is 0.502. The molecule has 1 nitrogen and oxygen atoms in total. The first-order chi connectivity index (χ1) is 4.22. The summed E-state index contributed by atoms with van der Waals surface area (Å²) < 4.78 is 0.295. The summed E-state index contributed by atoms with van der Waals surface area (Å²) in [6.07, 6.45) is 0. The van der Waals surface area contributed by atoms with E-state index in [1.54, 1.807) is 0 Å². The standard InChI is InChI=1S/C6H12ClNS/c1-5-6(7)9-4-3-8(5)2/h5-6H,3-4H2,1-2H3. The van der Waals surface area contributed by atoms with Gasteiger partial charge in [0, 0.05) is 18.3 Å². The molecule has 1 fully saturated rings. The Kier molecular flexibility index (Phi) is 2.68. The van der Waals surface area contributed by atoms with Gasteiger partial charge in [0.05, 0.1) is 4.71 Å². The van der Waals surface area contributed by atoms with E-state index in [9.17, 15) is 0 Å². The number of alkyl halides is 1. The number of hydrogen-bond donors (Lipinski definition) is 0. The molecular formula is C6H12ClNS. The molecule has 1 aliphatic rings. The first-order valence-corrected chi connectivity index (χ1v) is 4.66. The van der Waals surface area contributed by atoms with Crippen molar-refractivity contribution in [2.45, 2.75) is 17.7 Å². The number of rotatable bonds is 0. The van der Waals surface area contributed by atoms with Crippen molar-refractivity contribution in [1.82, 2.24) is 4.90 Å². The smallest absolute Gasteiger partial charge is 0.0941 e. The highest BCUT2D eigenvalue weighted by atomic mass is 35.5. The van der Waals surface area contributed by atoms with Crippen LogP contribution in [0.4, 0.5) is 0 Å². The third-order valence-electron chi connectivity index (χ3n) is 1.80. The van der Waals surface area contributed by atoms with Crippen LogP contribution in [0.3, 0.4) is 0 Å². The maximum Gasteiger partial charge on any atom is 0.0941 e. The molecule has 2 atom stereocenters. The molecule has 0 spiro atoms. The lowest BCUT2D eigenvalue weighted by atomic mass is 10.3. The monoisotopic (exact) mass is 165 g/mol. The van der Waals surface area contributed by atoms with Crippen molar-refractivity contribution in [3.05, 3.63) is 0 Å². The molecule has 0 bridgehead atoms. The van der Waals surface area contributed by atoms with E-state index in [0.717, 1.165) is 0 Å². The van der Waals surface area contributed by atoms with E-state index >= 15 is 0 Å². The second-order valence-corrected chi connectivity index (χ2v) is 4.42. The molecule has 0 aromatic heterocycles. The molecule has 0 aromatic carbocycles. The Labute approximate surface area is 65.7 Å². The van der Waals surface area contributed by atoms with Crippen molar-refractivity contribution in [1.29, 1.82) is 0 Å². The fraction of sp³-hybridized carbons (Fsp3) is 1.00. The van der Waals surface area contributed by atoms with Crippen LogP contribution >= 0.6 is 23.4 Å². The summed E-state index contributed by atoms with van der Waals surface area (Å²) >= 11 is 7.84. The van der Waals surface area contributed by atoms with Crippen LogP contribution in [0.2, 0.25) is 0 Å². The minimum Gasteiger partial charge on any atom is -0.301 e. The molecule has 1 heterocycles. The number of nitrogens with zero attached hydrogens (tertiary/aromatic N) is 1. The van der Waals surface area contributed by atoms with E-state index in [4.69, 9.17) is 11.6 Å². The van der Waals surface area contributed by atoms with Gasteiger partial charge < -0.3 is 4.90 Å². The summed E-state index contributed by atoms with van der Waals surface area (Å²) in [4.78, 5) is 2.30. The van der Waals surface area contributed by atoms with Crippen LogP contribution in [0, 0.1) is 0 Å². The Balaban J connectivity index is 2.41. The predicted molar refractivity (Wildman–Crippen MR) is 44.2 cm³/mol. The summed E-state index contributed by atoms with van der Waals surface area (Å²) in [6, 6.07) is 0.533. The van der Waals surface area contributed by atoms with Gasteiger partial charge >= 0.3 is 0 Å². The second-order valence-electron chi connectivity index (χ2n) is 2.44. The molecular weight excluding hydrogens is 154 g/mol. The lowest BCUT2D eigenvalue weighted by Gasteiger charge is -2.32. The molecule has 54 valence electrons. The molecule has 0 aliphatic carbocycles. The molecule has 9 heavy (non-hydrogen) atoms. The second kappa shape index (κ2) is 3.13. The first kappa shape index (κ1) is 7.70. The van der Waals surface area contributed by atoms with Crippen molar-refractivity contribution in [2.75, 3.05) is 19.3 Å². The van der Waals surface area contributed by atoms with Gasteiger partial charge in [-0.25, -0.2) is 0 Å². The van der Waals surface area contributed by atoms with Crippen LogP contribution in [-0.2, 0) is 0 Å². The zero-order valence-corrected chi connectivity index (χ0v) is 7.37. The molecule has 0 aromatic rings. The van der Waals surface area contributed by atoms with Gasteiger partial charge in [-0.2, -0.15) is 0 Å². The third-order valence-corrected chi connectivity index (χ3v) is 3.67. The van der Waals surface area contributed by atoms with Crippen LogP contribution in [0.25, 0.3) is 0 Å². The topological polar surface area (TPSA) is 3.24 Å². The van der Waals surface area contributed by atoms with Crippen molar-refractivity contribution >= 4 is 23.4 Å². The van der Waals surface area contributed by atoms with Gasteiger partial charge in [0.1, 0.15) is 0 Å². The van der Waals surface area contributed by atoms with Crippen molar-refractivity contribution < 1.29 is 0 Å². The van der Waals surface area contributed by atoms with Crippen molar-refractivity contribution in [2.24, 2.45) is 0 Å². The molecule has 1 aliphatic heterocycles. The minimum atomic E-state index is 0.295. The van der Waals surface area contributed by atoms with Crippen molar-refractivity contribution in [3.63, 3.8) is 0 Å². The SMILES string of the molecule is CC1C(Cl)SCCN1C. The van der Waals surface area contributed by atoms with Gasteiger partial charge in [-0.1, -0.05) is 0 Å². The van der Waals surface area contributed by atoms with E-state index in [1.165, 1.54) is 12.3 Å². The Hall–Kier alpha value is 0.600. The molecule has 0 saturated carbocycles. The third kappa shape index (κ3) is 1.76. The maximum absolute atomic E-state index is 5.98. The molecule has 2 unspecified atom stereocenters. The summed E-state index contributed by atoms with van der Waals surface area (Å²) in [5.74, 6) is 1.18. The largest absolute Gasteiger partial charge is 0.301 e. The molecule has 1 rings (SSSR count). The van der Waals surface area contributed by atoms with Gasteiger partial charge in [0.2, 0.25) is 0 Å². The molecule has 3 heteroatoms. The maximum atomic E-state index is 5.98. The van der Waals surface area contributed by atoms with Crippen LogP contribution in [-0.4, -0.2) is 35.0 Å². The highest BCUT2D eigenvalue weighted by Crippen LogP contribution is 2.26. The average Bonchev–Trinajstić information content (AvgIpc) is 1.83. The van der Waals surface area contributed by atoms with Gasteiger partial charge in [-0.05, 0) is 14.0 Å². The van der Waals surface area contributed by atoms with E-state index in [-0.39, 0.29) is 0 Å². The summed E-state index contributed by atoms with van der Waals surface area (Å²) in [7, 11) is 2.12. The van der Waals surface area contributed by atoms with E-state index in [2.05, 4.69) is 18.9 Å². The normalized spacial score (nSPS) is 39.0. The van der Waals surface area contributed by atoms with Crippen molar-refractivity contribution in [3.8, 4) is 0 Å². The fourth-order valence-electron chi connectivity index (χ4n) is 0.852. The highest BCUT2D eigenvalue weighted by molar-refractivity contribution is 8.01. The summed E-state index contributed by atoms with van der Waals surface area (Å²) in [5.41, 5.74) is 0. The molecule has 1 saturated heterocycles. The molecule has 0 N–H and O–H groups in total. The Bertz CT molecular complexity index is 89.1. The summed E-state index contributed by atoms with van der Waals surface area (Å²) in [6.45, 7) is 3.35. The predicted octanol–water partition coefficient (Wildman–Crippen LogP) is 1.62. The number of thioether (sulfide) groups is 1. The highest BCUT2D eigenvalue weighted by Gasteiger charge is 2.23. The van der Waals surface area contributed by atoms with Gasteiger partial charge in [0.15, 0.2) is 0 Å². The number of halogens is 1. The zero-order valence-electron chi connectivity index (χ0n) is 5.80. The fourth-order valence-corrected chi connectivity index (χ4v) is 2.42. The Morgan fingerprint density at radius 2 is 2.33 bits per heavy atom. The van der Waals surface area contributed by atoms with Gasteiger partial charge in [-0.15, -0.1) is 23.4 Å².